The van der Waals surface area contributed by atoms with Gasteiger partial charge in [0.2, 0.25) is 5.91 Å². The number of nitrogens with zero attached hydrogens (tertiary/aromatic N) is 3. The molecule has 26 heavy (non-hydrogen) atoms. The van der Waals surface area contributed by atoms with Crippen molar-refractivity contribution >= 4 is 29.3 Å². The van der Waals surface area contributed by atoms with Gasteiger partial charge in [0.05, 0.1) is 5.75 Å². The molecule has 136 valence electrons. The van der Waals surface area contributed by atoms with Crippen molar-refractivity contribution in [3.63, 3.8) is 0 Å². The normalized spacial score (nSPS) is 14.9. The highest BCUT2D eigenvalue weighted by molar-refractivity contribution is 7.99. The second-order valence-electron chi connectivity index (χ2n) is 6.42. The molecule has 0 saturated carbocycles. The van der Waals surface area contributed by atoms with Gasteiger partial charge in [-0.05, 0) is 49.1 Å². The summed E-state index contributed by atoms with van der Waals surface area (Å²) in [6, 6.07) is 8.80. The second kappa shape index (κ2) is 8.80. The third-order valence-corrected chi connectivity index (χ3v) is 5.24. The second-order valence-corrected chi connectivity index (χ2v) is 7.36. The van der Waals surface area contributed by atoms with E-state index in [-0.39, 0.29) is 17.6 Å². The van der Waals surface area contributed by atoms with Crippen molar-refractivity contribution in [1.29, 1.82) is 0 Å². The first-order valence-corrected chi connectivity index (χ1v) is 9.69. The molecule has 0 radical (unpaired) electrons. The van der Waals surface area contributed by atoms with Crippen LogP contribution in [0.15, 0.2) is 47.9 Å². The van der Waals surface area contributed by atoms with E-state index in [1.807, 2.05) is 4.90 Å². The van der Waals surface area contributed by atoms with Gasteiger partial charge in [-0.3, -0.25) is 9.59 Å². The molecule has 1 saturated heterocycles. The molecule has 1 fully saturated rings. The molecule has 1 aromatic carbocycles. The lowest BCUT2D eigenvalue weighted by Crippen LogP contribution is -2.37. The van der Waals surface area contributed by atoms with Crippen LogP contribution in [-0.4, -0.2) is 45.5 Å². The first kappa shape index (κ1) is 18.4. The summed E-state index contributed by atoms with van der Waals surface area (Å²) in [5, 5.41) is 3.39. The summed E-state index contributed by atoms with van der Waals surface area (Å²) in [6.45, 7) is 3.86. The van der Waals surface area contributed by atoms with Crippen LogP contribution in [0.3, 0.4) is 0 Å². The molecule has 0 bridgehead atoms. The van der Waals surface area contributed by atoms with Gasteiger partial charge in [0.25, 0.3) is 5.91 Å². The maximum Gasteiger partial charge on any atom is 0.253 e. The van der Waals surface area contributed by atoms with E-state index in [0.717, 1.165) is 25.9 Å². The predicted molar refractivity (Wildman–Crippen MR) is 102 cm³/mol. The Morgan fingerprint density at radius 3 is 2.46 bits per heavy atom. The number of likely N-dealkylation sites (tertiary alicyclic amines) is 1. The molecule has 1 N–H and O–H groups in total. The summed E-state index contributed by atoms with van der Waals surface area (Å²) in [5.41, 5.74) is 1.33. The molecule has 6 nitrogen and oxygen atoms in total. The van der Waals surface area contributed by atoms with Crippen LogP contribution in [0.2, 0.25) is 0 Å². The zero-order chi connectivity index (χ0) is 18.4. The maximum atomic E-state index is 12.5. The van der Waals surface area contributed by atoms with Crippen LogP contribution in [0.4, 0.5) is 5.69 Å². The van der Waals surface area contributed by atoms with E-state index < -0.39 is 0 Å². The third kappa shape index (κ3) is 5.05. The molecule has 2 aromatic rings. The molecule has 0 aliphatic carbocycles. The zero-order valence-corrected chi connectivity index (χ0v) is 15.5. The number of benzene rings is 1. The molecule has 0 atom stereocenters. The van der Waals surface area contributed by atoms with Crippen LogP contribution in [0.25, 0.3) is 0 Å². The van der Waals surface area contributed by atoms with Crippen molar-refractivity contribution in [2.24, 2.45) is 5.92 Å². The summed E-state index contributed by atoms with van der Waals surface area (Å²) in [7, 11) is 0. The van der Waals surface area contributed by atoms with Crippen molar-refractivity contribution in [3.05, 3.63) is 48.3 Å². The molecular weight excluding hydrogens is 348 g/mol. The summed E-state index contributed by atoms with van der Waals surface area (Å²) in [5.74, 6) is 0.852. The number of aromatic nitrogens is 2. The van der Waals surface area contributed by atoms with Gasteiger partial charge in [0, 0.05) is 36.7 Å². The molecular formula is C19H22N4O2S. The fourth-order valence-electron chi connectivity index (χ4n) is 2.78. The number of hydrogen-bond acceptors (Lipinski definition) is 5. The minimum atomic E-state index is -0.133. The monoisotopic (exact) mass is 370 g/mol. The van der Waals surface area contributed by atoms with Crippen LogP contribution < -0.4 is 5.32 Å². The molecule has 7 heteroatoms. The minimum absolute atomic E-state index is 0.0616. The van der Waals surface area contributed by atoms with Crippen LogP contribution in [0, 0.1) is 5.92 Å². The molecule has 0 spiro atoms. The Bertz CT molecular complexity index is 744. The highest BCUT2D eigenvalue weighted by Gasteiger charge is 2.21. The lowest BCUT2D eigenvalue weighted by atomic mass is 9.98. The first-order valence-electron chi connectivity index (χ1n) is 8.71. The van der Waals surface area contributed by atoms with Crippen molar-refractivity contribution < 1.29 is 9.59 Å². The SMILES string of the molecule is CC1CCN(C(=O)c2ccc(NC(=O)CSc3ncccn3)cc2)CC1. The van der Waals surface area contributed by atoms with Gasteiger partial charge in [-0.2, -0.15) is 0 Å². The van der Waals surface area contributed by atoms with Crippen molar-refractivity contribution in [3.8, 4) is 0 Å². The number of carbonyl (C=O) groups is 2. The van der Waals surface area contributed by atoms with Crippen LogP contribution in [0.1, 0.15) is 30.1 Å². The number of piperidine rings is 1. The molecule has 1 aliphatic heterocycles. The first-order chi connectivity index (χ1) is 12.6. The quantitative estimate of drug-likeness (QED) is 0.647. The van der Waals surface area contributed by atoms with E-state index in [4.69, 9.17) is 0 Å². The van der Waals surface area contributed by atoms with Crippen LogP contribution >= 0.6 is 11.8 Å². The van der Waals surface area contributed by atoms with E-state index in [1.54, 1.807) is 42.7 Å². The van der Waals surface area contributed by atoms with Crippen molar-refractivity contribution in [1.82, 2.24) is 14.9 Å². The Morgan fingerprint density at radius 1 is 1.15 bits per heavy atom. The summed E-state index contributed by atoms with van der Waals surface area (Å²) < 4.78 is 0. The largest absolute Gasteiger partial charge is 0.339 e. The topological polar surface area (TPSA) is 75.2 Å². The predicted octanol–water partition coefficient (Wildman–Crippen LogP) is 3.08. The lowest BCUT2D eigenvalue weighted by Gasteiger charge is -2.30. The Morgan fingerprint density at radius 2 is 1.81 bits per heavy atom. The van der Waals surface area contributed by atoms with E-state index >= 15 is 0 Å². The Balaban J connectivity index is 1.51. The fourth-order valence-corrected chi connectivity index (χ4v) is 3.38. The molecule has 2 heterocycles. The van der Waals surface area contributed by atoms with Gasteiger partial charge in [-0.15, -0.1) is 0 Å². The summed E-state index contributed by atoms with van der Waals surface area (Å²) in [4.78, 5) is 34.6. The number of rotatable bonds is 5. The summed E-state index contributed by atoms with van der Waals surface area (Å²) >= 11 is 1.28. The highest BCUT2D eigenvalue weighted by atomic mass is 32.2. The number of carbonyl (C=O) groups excluding carboxylic acids is 2. The van der Waals surface area contributed by atoms with E-state index in [9.17, 15) is 9.59 Å². The molecule has 3 rings (SSSR count). The van der Waals surface area contributed by atoms with Gasteiger partial charge in [0.15, 0.2) is 5.16 Å². The van der Waals surface area contributed by atoms with E-state index in [2.05, 4.69) is 22.2 Å². The van der Waals surface area contributed by atoms with Gasteiger partial charge in [-0.25, -0.2) is 9.97 Å². The Labute approximate surface area is 157 Å². The fraction of sp³-hybridized carbons (Fsp3) is 0.368. The van der Waals surface area contributed by atoms with E-state index in [0.29, 0.717) is 22.3 Å². The maximum absolute atomic E-state index is 12.5. The number of anilines is 1. The third-order valence-electron chi connectivity index (χ3n) is 4.36. The number of thioether (sulfide) groups is 1. The molecule has 2 amide bonds. The van der Waals surface area contributed by atoms with Gasteiger partial charge < -0.3 is 10.2 Å². The Kier molecular flexibility index (Phi) is 6.22. The van der Waals surface area contributed by atoms with Gasteiger partial charge >= 0.3 is 0 Å². The van der Waals surface area contributed by atoms with Crippen molar-refractivity contribution in [2.45, 2.75) is 24.9 Å². The van der Waals surface area contributed by atoms with Crippen molar-refractivity contribution in [2.75, 3.05) is 24.2 Å². The highest BCUT2D eigenvalue weighted by Crippen LogP contribution is 2.19. The standard InChI is InChI=1S/C19H22N4O2S/c1-14-7-11-23(12-8-14)18(25)15-3-5-16(6-4-15)22-17(24)13-26-19-20-9-2-10-21-19/h2-6,9-10,14H,7-8,11-13H2,1H3,(H,22,24). The Hall–Kier alpha value is -2.41. The van der Waals surface area contributed by atoms with Gasteiger partial charge in [0.1, 0.15) is 0 Å². The number of hydrogen-bond donors (Lipinski definition) is 1. The smallest absolute Gasteiger partial charge is 0.253 e. The van der Waals surface area contributed by atoms with Crippen LogP contribution in [0.5, 0.6) is 0 Å². The average molecular weight is 370 g/mol. The number of nitrogens with one attached hydrogen (secondary N) is 1. The molecule has 1 aromatic heterocycles. The molecule has 1 aliphatic rings. The minimum Gasteiger partial charge on any atom is -0.339 e. The average Bonchev–Trinajstić information content (AvgIpc) is 2.68. The summed E-state index contributed by atoms with van der Waals surface area (Å²) in [6.07, 6.45) is 5.41. The lowest BCUT2D eigenvalue weighted by molar-refractivity contribution is -0.113. The number of amides is 2. The van der Waals surface area contributed by atoms with Gasteiger partial charge in [-0.1, -0.05) is 18.7 Å². The van der Waals surface area contributed by atoms with Crippen LogP contribution in [-0.2, 0) is 4.79 Å². The van der Waals surface area contributed by atoms with E-state index in [1.165, 1.54) is 11.8 Å². The zero-order valence-electron chi connectivity index (χ0n) is 14.7. The molecule has 0 unspecified atom stereocenters.